The van der Waals surface area contributed by atoms with Gasteiger partial charge in [0, 0.05) is 25.8 Å². The van der Waals surface area contributed by atoms with E-state index < -0.39 is 0 Å². The molecule has 0 radical (unpaired) electrons. The van der Waals surface area contributed by atoms with Gasteiger partial charge < -0.3 is 9.47 Å². The first-order chi connectivity index (χ1) is 11.2. The normalized spacial score (nSPS) is 17.0. The van der Waals surface area contributed by atoms with Crippen molar-refractivity contribution in [3.05, 3.63) is 46.0 Å². The largest absolute Gasteiger partial charge is 0.486 e. The highest BCUT2D eigenvalue weighted by atomic mass is 35.5. The lowest BCUT2D eigenvalue weighted by Crippen LogP contribution is -2.31. The smallest absolute Gasteiger partial charge is 0.179 e. The van der Waals surface area contributed by atoms with Gasteiger partial charge in [-0.2, -0.15) is 0 Å². The summed E-state index contributed by atoms with van der Waals surface area (Å²) < 4.78 is 11.2. The van der Waals surface area contributed by atoms with Crippen LogP contribution in [0.4, 0.5) is 0 Å². The summed E-state index contributed by atoms with van der Waals surface area (Å²) in [5, 5.41) is 0.618. The van der Waals surface area contributed by atoms with Gasteiger partial charge in [-0.3, -0.25) is 4.90 Å². The number of nitrogens with zero attached hydrogens (tertiary/aromatic N) is 3. The van der Waals surface area contributed by atoms with Crippen molar-refractivity contribution in [2.24, 2.45) is 0 Å². The Hall–Kier alpha value is -1.85. The number of hydrogen-bond donors (Lipinski definition) is 0. The van der Waals surface area contributed by atoms with Crippen LogP contribution >= 0.6 is 11.6 Å². The molecule has 0 aliphatic carbocycles. The highest BCUT2D eigenvalue weighted by Gasteiger charge is 2.21. The number of fused-ring (bicyclic) bond motifs is 2. The molecule has 23 heavy (non-hydrogen) atoms. The average molecular weight is 332 g/mol. The Morgan fingerprint density at radius 1 is 1.26 bits per heavy atom. The second-order valence-electron chi connectivity index (χ2n) is 5.95. The lowest BCUT2D eigenvalue weighted by molar-refractivity contribution is 0.171. The van der Waals surface area contributed by atoms with E-state index in [0.29, 0.717) is 24.0 Å². The minimum absolute atomic E-state index is 0.550. The lowest BCUT2D eigenvalue weighted by atomic mass is 10.1. The molecule has 0 atom stereocenters. The predicted molar refractivity (Wildman–Crippen MR) is 87.0 cm³/mol. The van der Waals surface area contributed by atoms with Gasteiger partial charge in [0.25, 0.3) is 0 Å². The third-order valence-electron chi connectivity index (χ3n) is 4.21. The van der Waals surface area contributed by atoms with Crippen LogP contribution in [-0.4, -0.2) is 34.6 Å². The molecule has 0 bridgehead atoms. The Kier molecular flexibility index (Phi) is 3.83. The van der Waals surface area contributed by atoms with Gasteiger partial charge >= 0.3 is 0 Å². The van der Waals surface area contributed by atoms with Crippen LogP contribution in [0.25, 0.3) is 0 Å². The van der Waals surface area contributed by atoms with Gasteiger partial charge in [-0.25, -0.2) is 9.97 Å². The second-order valence-corrected chi connectivity index (χ2v) is 6.36. The Morgan fingerprint density at radius 2 is 2.13 bits per heavy atom. The monoisotopic (exact) mass is 331 g/mol. The molecule has 120 valence electrons. The SMILES string of the molecule is Cc1ncc2c(n1)CN(Cc1cc(Cl)c3c(c1)OCCO3)CC2. The summed E-state index contributed by atoms with van der Waals surface area (Å²) in [5.74, 6) is 2.23. The summed E-state index contributed by atoms with van der Waals surface area (Å²) in [6, 6.07) is 4.00. The van der Waals surface area contributed by atoms with Crippen LogP contribution in [0.15, 0.2) is 18.3 Å². The molecule has 2 aromatic rings. The van der Waals surface area contributed by atoms with Crippen LogP contribution in [0.1, 0.15) is 22.6 Å². The van der Waals surface area contributed by atoms with E-state index in [9.17, 15) is 0 Å². The summed E-state index contributed by atoms with van der Waals surface area (Å²) in [4.78, 5) is 11.2. The van der Waals surface area contributed by atoms with Crippen molar-refractivity contribution >= 4 is 11.6 Å². The summed E-state index contributed by atoms with van der Waals surface area (Å²) in [6.45, 7) is 5.70. The molecule has 0 spiro atoms. The zero-order valence-corrected chi connectivity index (χ0v) is 13.8. The average Bonchev–Trinajstić information content (AvgIpc) is 2.54. The molecule has 0 fully saturated rings. The Morgan fingerprint density at radius 3 is 3.04 bits per heavy atom. The molecule has 0 unspecified atom stereocenters. The first-order valence-corrected chi connectivity index (χ1v) is 8.18. The van der Waals surface area contributed by atoms with Crippen LogP contribution in [0.3, 0.4) is 0 Å². The van der Waals surface area contributed by atoms with E-state index in [0.717, 1.165) is 48.9 Å². The molecule has 0 amide bonds. The molecule has 2 aliphatic rings. The molecule has 1 aromatic heterocycles. The number of ether oxygens (including phenoxy) is 2. The van der Waals surface area contributed by atoms with E-state index in [1.54, 1.807) is 0 Å². The predicted octanol–water partition coefficient (Wildman–Crippen LogP) is 2.77. The molecule has 5 nitrogen and oxygen atoms in total. The number of hydrogen-bond acceptors (Lipinski definition) is 5. The third kappa shape index (κ3) is 2.99. The minimum Gasteiger partial charge on any atom is -0.486 e. The van der Waals surface area contributed by atoms with Crippen molar-refractivity contribution in [3.63, 3.8) is 0 Å². The van der Waals surface area contributed by atoms with Gasteiger partial charge in [0.2, 0.25) is 0 Å². The molecule has 3 heterocycles. The number of aryl methyl sites for hydroxylation is 1. The molecular formula is C17H18ClN3O2. The molecule has 4 rings (SSSR count). The van der Waals surface area contributed by atoms with Gasteiger partial charge in [0.05, 0.1) is 10.7 Å². The van der Waals surface area contributed by atoms with E-state index in [2.05, 4.69) is 14.9 Å². The fourth-order valence-electron chi connectivity index (χ4n) is 3.11. The van der Waals surface area contributed by atoms with E-state index in [4.69, 9.17) is 21.1 Å². The zero-order chi connectivity index (χ0) is 15.8. The van der Waals surface area contributed by atoms with Gasteiger partial charge in [0.15, 0.2) is 11.5 Å². The highest BCUT2D eigenvalue weighted by molar-refractivity contribution is 6.32. The van der Waals surface area contributed by atoms with Gasteiger partial charge in [-0.15, -0.1) is 0 Å². The molecule has 0 N–H and O–H groups in total. The first-order valence-electron chi connectivity index (χ1n) is 7.81. The number of aromatic nitrogens is 2. The van der Waals surface area contributed by atoms with Crippen LogP contribution in [0.2, 0.25) is 5.02 Å². The van der Waals surface area contributed by atoms with E-state index in [-0.39, 0.29) is 0 Å². The molecule has 0 saturated carbocycles. The minimum atomic E-state index is 0.550. The molecular weight excluding hydrogens is 314 g/mol. The van der Waals surface area contributed by atoms with Crippen LogP contribution in [-0.2, 0) is 19.5 Å². The zero-order valence-electron chi connectivity index (χ0n) is 13.0. The van der Waals surface area contributed by atoms with Crippen LogP contribution in [0.5, 0.6) is 11.5 Å². The van der Waals surface area contributed by atoms with Crippen molar-refractivity contribution in [1.29, 1.82) is 0 Å². The number of halogens is 1. The standard InChI is InChI=1S/C17H18ClN3O2/c1-11-19-8-13-2-3-21(10-15(13)20-11)9-12-6-14(18)17-16(7-12)22-4-5-23-17/h6-8H,2-5,9-10H2,1H3. The summed E-state index contributed by atoms with van der Waals surface area (Å²) >= 11 is 6.32. The van der Waals surface area contributed by atoms with Crippen molar-refractivity contribution in [3.8, 4) is 11.5 Å². The van der Waals surface area contributed by atoms with E-state index >= 15 is 0 Å². The number of benzene rings is 1. The van der Waals surface area contributed by atoms with Gasteiger partial charge in [-0.05, 0) is 36.6 Å². The molecule has 6 heteroatoms. The lowest BCUT2D eigenvalue weighted by Gasteiger charge is -2.28. The summed E-state index contributed by atoms with van der Waals surface area (Å²) in [7, 11) is 0. The van der Waals surface area contributed by atoms with Crippen molar-refractivity contribution < 1.29 is 9.47 Å². The Balaban J connectivity index is 1.54. The number of rotatable bonds is 2. The van der Waals surface area contributed by atoms with Crippen molar-refractivity contribution in [2.75, 3.05) is 19.8 Å². The Bertz CT molecular complexity index is 751. The maximum Gasteiger partial charge on any atom is 0.179 e. The first kappa shape index (κ1) is 14.7. The maximum absolute atomic E-state index is 6.32. The van der Waals surface area contributed by atoms with Gasteiger partial charge in [-0.1, -0.05) is 11.6 Å². The Labute approximate surface area is 140 Å². The highest BCUT2D eigenvalue weighted by Crippen LogP contribution is 2.38. The van der Waals surface area contributed by atoms with E-state index in [1.807, 2.05) is 25.3 Å². The quantitative estimate of drug-likeness (QED) is 0.847. The van der Waals surface area contributed by atoms with E-state index in [1.165, 1.54) is 5.56 Å². The molecule has 0 saturated heterocycles. The summed E-state index contributed by atoms with van der Waals surface area (Å²) in [6.07, 6.45) is 2.93. The molecule has 2 aliphatic heterocycles. The van der Waals surface area contributed by atoms with Crippen LogP contribution < -0.4 is 9.47 Å². The maximum atomic E-state index is 6.32. The van der Waals surface area contributed by atoms with Crippen molar-refractivity contribution in [1.82, 2.24) is 14.9 Å². The fourth-order valence-corrected chi connectivity index (χ4v) is 3.39. The fraction of sp³-hybridized carbons (Fsp3) is 0.412. The van der Waals surface area contributed by atoms with Gasteiger partial charge in [0.1, 0.15) is 19.0 Å². The topological polar surface area (TPSA) is 47.5 Å². The van der Waals surface area contributed by atoms with Crippen molar-refractivity contribution in [2.45, 2.75) is 26.4 Å². The summed E-state index contributed by atoms with van der Waals surface area (Å²) in [5.41, 5.74) is 3.52. The second kappa shape index (κ2) is 5.98. The molecule has 1 aromatic carbocycles. The van der Waals surface area contributed by atoms with Crippen LogP contribution in [0, 0.1) is 6.92 Å². The third-order valence-corrected chi connectivity index (χ3v) is 4.49.